The summed E-state index contributed by atoms with van der Waals surface area (Å²) in [5.41, 5.74) is 1.02. The van der Waals surface area contributed by atoms with Gasteiger partial charge < -0.3 is 5.32 Å². The van der Waals surface area contributed by atoms with Crippen molar-refractivity contribution in [1.29, 1.82) is 0 Å². The summed E-state index contributed by atoms with van der Waals surface area (Å²) in [6, 6.07) is 10.2. The molecule has 1 amide bonds. The molecule has 1 fully saturated rings. The second-order valence-electron chi connectivity index (χ2n) is 7.26. The zero-order chi connectivity index (χ0) is 20.1. The topological polar surface area (TPSA) is 75.3 Å². The van der Waals surface area contributed by atoms with Gasteiger partial charge in [0.15, 0.2) is 0 Å². The fourth-order valence-corrected chi connectivity index (χ4v) is 4.43. The molecule has 7 heteroatoms. The number of anilines is 1. The molecular weight excluding hydrogens is 379 g/mol. The highest BCUT2D eigenvalue weighted by Gasteiger charge is 2.18. The first-order valence-corrected chi connectivity index (χ1v) is 11.0. The predicted molar refractivity (Wildman–Crippen MR) is 107 cm³/mol. The van der Waals surface area contributed by atoms with Gasteiger partial charge in [-0.25, -0.2) is 12.8 Å². The van der Waals surface area contributed by atoms with Gasteiger partial charge in [-0.2, -0.15) is 0 Å². The maximum absolute atomic E-state index is 13.7. The summed E-state index contributed by atoms with van der Waals surface area (Å²) in [6.07, 6.45) is 6.55. The minimum Gasteiger partial charge on any atom is -0.349 e. The number of nitrogens with one attached hydrogen (secondary N) is 2. The Morgan fingerprint density at radius 1 is 1.04 bits per heavy atom. The van der Waals surface area contributed by atoms with Gasteiger partial charge in [-0.15, -0.1) is 0 Å². The maximum Gasteiger partial charge on any atom is 0.261 e. The summed E-state index contributed by atoms with van der Waals surface area (Å²) in [5, 5.41) is 3.04. The van der Waals surface area contributed by atoms with E-state index in [0.29, 0.717) is 11.1 Å². The molecule has 0 heterocycles. The Kier molecular flexibility index (Phi) is 6.34. The van der Waals surface area contributed by atoms with Crippen LogP contribution in [0.3, 0.4) is 0 Å². The zero-order valence-corrected chi connectivity index (χ0v) is 16.7. The molecule has 0 aromatic heterocycles. The largest absolute Gasteiger partial charge is 0.349 e. The molecule has 28 heavy (non-hydrogen) atoms. The van der Waals surface area contributed by atoms with Gasteiger partial charge in [0.2, 0.25) is 0 Å². The van der Waals surface area contributed by atoms with E-state index in [9.17, 15) is 17.6 Å². The molecule has 0 bridgehead atoms. The van der Waals surface area contributed by atoms with Gasteiger partial charge >= 0.3 is 0 Å². The first kappa shape index (κ1) is 20.3. The lowest BCUT2D eigenvalue weighted by Gasteiger charge is -2.16. The third kappa shape index (κ3) is 5.10. The van der Waals surface area contributed by atoms with Crippen molar-refractivity contribution in [2.45, 2.75) is 56.4 Å². The van der Waals surface area contributed by atoms with Crippen molar-refractivity contribution in [3.8, 4) is 0 Å². The molecule has 0 atom stereocenters. The SMILES string of the molecule is Cc1ccc(S(=O)(=O)Nc2cccc(C(=O)NC3CCCCCC3)c2)cc1F. The minimum atomic E-state index is -3.95. The van der Waals surface area contributed by atoms with Crippen LogP contribution in [0.4, 0.5) is 10.1 Å². The van der Waals surface area contributed by atoms with Crippen molar-refractivity contribution < 1.29 is 17.6 Å². The highest BCUT2D eigenvalue weighted by molar-refractivity contribution is 7.92. The molecule has 1 aliphatic carbocycles. The Hall–Kier alpha value is -2.41. The first-order chi connectivity index (χ1) is 13.3. The summed E-state index contributed by atoms with van der Waals surface area (Å²) in [4.78, 5) is 12.4. The lowest BCUT2D eigenvalue weighted by atomic mass is 10.1. The maximum atomic E-state index is 13.7. The molecular formula is C21H25FN2O3S. The number of amides is 1. The lowest BCUT2D eigenvalue weighted by molar-refractivity contribution is 0.0933. The van der Waals surface area contributed by atoms with Crippen LogP contribution >= 0.6 is 0 Å². The van der Waals surface area contributed by atoms with Crippen molar-refractivity contribution in [1.82, 2.24) is 5.32 Å². The lowest BCUT2D eigenvalue weighted by Crippen LogP contribution is -2.34. The molecule has 0 aliphatic heterocycles. The van der Waals surface area contributed by atoms with Crippen LogP contribution < -0.4 is 10.0 Å². The highest BCUT2D eigenvalue weighted by atomic mass is 32.2. The quantitative estimate of drug-likeness (QED) is 0.726. The molecule has 2 N–H and O–H groups in total. The Bertz CT molecular complexity index is 952. The summed E-state index contributed by atoms with van der Waals surface area (Å²) in [6.45, 7) is 1.57. The Balaban J connectivity index is 1.73. The van der Waals surface area contributed by atoms with Crippen molar-refractivity contribution in [2.24, 2.45) is 0 Å². The number of halogens is 1. The summed E-state index contributed by atoms with van der Waals surface area (Å²) >= 11 is 0. The minimum absolute atomic E-state index is 0.158. The van der Waals surface area contributed by atoms with Crippen LogP contribution in [0.25, 0.3) is 0 Å². The number of sulfonamides is 1. The predicted octanol–water partition coefficient (Wildman–Crippen LogP) is 4.39. The standard InChI is InChI=1S/C21H25FN2O3S/c1-15-11-12-19(14-20(15)22)28(26,27)24-18-10-6-7-16(13-18)21(25)23-17-8-4-2-3-5-9-17/h6-7,10-14,17,24H,2-5,8-9H2,1H3,(H,23,25). The molecule has 3 rings (SSSR count). The van der Waals surface area contributed by atoms with Crippen LogP contribution in [0.1, 0.15) is 54.4 Å². The van der Waals surface area contributed by atoms with Crippen LogP contribution in [-0.4, -0.2) is 20.4 Å². The van der Waals surface area contributed by atoms with Crippen LogP contribution in [0.2, 0.25) is 0 Å². The Morgan fingerprint density at radius 2 is 1.75 bits per heavy atom. The monoisotopic (exact) mass is 404 g/mol. The van der Waals surface area contributed by atoms with E-state index in [-0.39, 0.29) is 22.5 Å². The van der Waals surface area contributed by atoms with E-state index < -0.39 is 15.8 Å². The fourth-order valence-electron chi connectivity index (χ4n) is 3.37. The number of hydrogen-bond acceptors (Lipinski definition) is 3. The van der Waals surface area contributed by atoms with Gasteiger partial charge in [-0.05, 0) is 55.7 Å². The molecule has 5 nitrogen and oxygen atoms in total. The average molecular weight is 405 g/mol. The number of rotatable bonds is 5. The van der Waals surface area contributed by atoms with E-state index >= 15 is 0 Å². The average Bonchev–Trinajstić information content (AvgIpc) is 2.92. The van der Waals surface area contributed by atoms with Gasteiger partial charge in [-0.1, -0.05) is 37.8 Å². The van der Waals surface area contributed by atoms with Gasteiger partial charge in [0.25, 0.3) is 15.9 Å². The van der Waals surface area contributed by atoms with E-state index in [1.165, 1.54) is 31.0 Å². The van der Waals surface area contributed by atoms with E-state index in [0.717, 1.165) is 31.7 Å². The number of aryl methyl sites for hydroxylation is 1. The molecule has 2 aromatic carbocycles. The number of carbonyl (C=O) groups is 1. The van der Waals surface area contributed by atoms with E-state index in [1.54, 1.807) is 25.1 Å². The third-order valence-electron chi connectivity index (χ3n) is 5.02. The van der Waals surface area contributed by atoms with E-state index in [2.05, 4.69) is 10.0 Å². The van der Waals surface area contributed by atoms with Gasteiger partial charge in [0.1, 0.15) is 5.82 Å². The van der Waals surface area contributed by atoms with Crippen molar-refractivity contribution >= 4 is 21.6 Å². The van der Waals surface area contributed by atoms with Crippen molar-refractivity contribution in [3.63, 3.8) is 0 Å². The number of benzene rings is 2. The molecule has 150 valence electrons. The van der Waals surface area contributed by atoms with Crippen molar-refractivity contribution in [3.05, 3.63) is 59.4 Å². The normalized spacial score (nSPS) is 15.6. The van der Waals surface area contributed by atoms with Crippen LogP contribution in [-0.2, 0) is 10.0 Å². The highest BCUT2D eigenvalue weighted by Crippen LogP contribution is 2.21. The molecule has 0 unspecified atom stereocenters. The number of carbonyl (C=O) groups excluding carboxylic acids is 1. The molecule has 0 radical (unpaired) electrons. The van der Waals surface area contributed by atoms with Gasteiger partial charge in [0, 0.05) is 17.3 Å². The summed E-state index contributed by atoms with van der Waals surface area (Å²) in [5.74, 6) is -0.797. The van der Waals surface area contributed by atoms with Crippen molar-refractivity contribution in [2.75, 3.05) is 4.72 Å². The van der Waals surface area contributed by atoms with Gasteiger partial charge in [-0.3, -0.25) is 9.52 Å². The second-order valence-corrected chi connectivity index (χ2v) is 8.94. The van der Waals surface area contributed by atoms with Crippen LogP contribution in [0.5, 0.6) is 0 Å². The van der Waals surface area contributed by atoms with Crippen LogP contribution in [0, 0.1) is 12.7 Å². The molecule has 1 aliphatic rings. The van der Waals surface area contributed by atoms with E-state index in [4.69, 9.17) is 0 Å². The summed E-state index contributed by atoms with van der Waals surface area (Å²) in [7, 11) is -3.95. The summed E-state index contributed by atoms with van der Waals surface area (Å²) < 4.78 is 41.2. The second kappa shape index (κ2) is 8.73. The van der Waals surface area contributed by atoms with E-state index in [1.807, 2.05) is 0 Å². The molecule has 2 aromatic rings. The Labute approximate surface area is 165 Å². The molecule has 1 saturated carbocycles. The molecule has 0 saturated heterocycles. The Morgan fingerprint density at radius 3 is 2.43 bits per heavy atom. The fraction of sp³-hybridized carbons (Fsp3) is 0.381. The first-order valence-electron chi connectivity index (χ1n) is 9.55. The van der Waals surface area contributed by atoms with Crippen LogP contribution in [0.15, 0.2) is 47.4 Å². The number of hydrogen-bond donors (Lipinski definition) is 2. The smallest absolute Gasteiger partial charge is 0.261 e. The zero-order valence-electron chi connectivity index (χ0n) is 15.9. The molecule has 0 spiro atoms. The third-order valence-corrected chi connectivity index (χ3v) is 6.40. The van der Waals surface area contributed by atoms with Gasteiger partial charge in [0.05, 0.1) is 4.90 Å².